The molecule has 0 aliphatic heterocycles. The summed E-state index contributed by atoms with van der Waals surface area (Å²) in [4.78, 5) is 12.4. The molecule has 1 rings (SSSR count). The second kappa shape index (κ2) is 8.13. The Labute approximate surface area is 108 Å². The van der Waals surface area contributed by atoms with Gasteiger partial charge in [0, 0.05) is 10.5 Å². The Bertz CT molecular complexity index is 354. The molecule has 2 heteroatoms. The number of Topliss-reactive ketones (excluding diaryl/α,β-unsaturated/α-hetero) is 1. The van der Waals surface area contributed by atoms with E-state index in [1.165, 1.54) is 24.2 Å². The van der Waals surface area contributed by atoms with Gasteiger partial charge < -0.3 is 0 Å². The quantitative estimate of drug-likeness (QED) is 0.286. The highest BCUT2D eigenvalue weighted by atomic mass is 32.2. The van der Waals surface area contributed by atoms with Gasteiger partial charge in [0.1, 0.15) is 0 Å². The van der Waals surface area contributed by atoms with E-state index in [-0.39, 0.29) is 5.78 Å². The highest BCUT2D eigenvalue weighted by molar-refractivity contribution is 7.99. The molecule has 0 unspecified atom stereocenters. The molecule has 1 nitrogen and oxygen atoms in total. The maximum atomic E-state index is 11.1. The Hall–Kier alpha value is -1.02. The van der Waals surface area contributed by atoms with Crippen molar-refractivity contribution in [2.24, 2.45) is 0 Å². The molecule has 0 N–H and O–H groups in total. The highest BCUT2D eigenvalue weighted by Crippen LogP contribution is 2.20. The van der Waals surface area contributed by atoms with Gasteiger partial charge in [-0.05, 0) is 44.1 Å². The minimum absolute atomic E-state index is 0.131. The van der Waals surface area contributed by atoms with Crippen molar-refractivity contribution < 1.29 is 4.79 Å². The van der Waals surface area contributed by atoms with Crippen molar-refractivity contribution in [3.05, 3.63) is 42.5 Å². The molecule has 1 aromatic carbocycles. The minimum Gasteiger partial charge on any atom is -0.295 e. The first-order chi connectivity index (χ1) is 8.24. The molecule has 0 bridgehead atoms. The third-order valence-corrected chi connectivity index (χ3v) is 3.68. The Morgan fingerprint density at radius 2 is 1.94 bits per heavy atom. The predicted molar refractivity (Wildman–Crippen MR) is 75.8 cm³/mol. The van der Waals surface area contributed by atoms with E-state index < -0.39 is 0 Å². The van der Waals surface area contributed by atoms with Crippen LogP contribution in [0.15, 0.2) is 41.8 Å². The Kier molecular flexibility index (Phi) is 6.71. The van der Waals surface area contributed by atoms with Crippen LogP contribution in [-0.4, -0.2) is 11.5 Å². The molecule has 0 aromatic heterocycles. The number of carbonyl (C=O) groups excluding carboxylic acids is 1. The second-order valence-corrected chi connectivity index (χ2v) is 5.24. The fraction of sp³-hybridized carbons (Fsp3) is 0.400. The van der Waals surface area contributed by atoms with E-state index in [0.717, 1.165) is 17.7 Å². The molecule has 0 aliphatic carbocycles. The number of benzene rings is 1. The number of ketones is 1. The van der Waals surface area contributed by atoms with Crippen LogP contribution < -0.4 is 0 Å². The summed E-state index contributed by atoms with van der Waals surface area (Å²) in [7, 11) is 0. The molecule has 17 heavy (non-hydrogen) atoms. The zero-order valence-electron chi connectivity index (χ0n) is 10.4. The maximum absolute atomic E-state index is 11.1. The molecule has 0 amide bonds. The minimum atomic E-state index is 0.131. The summed E-state index contributed by atoms with van der Waals surface area (Å²) in [6, 6.07) is 7.88. The van der Waals surface area contributed by atoms with Gasteiger partial charge in [-0.2, -0.15) is 0 Å². The van der Waals surface area contributed by atoms with Gasteiger partial charge in [-0.25, -0.2) is 0 Å². The van der Waals surface area contributed by atoms with Crippen molar-refractivity contribution in [2.75, 3.05) is 5.75 Å². The van der Waals surface area contributed by atoms with Crippen LogP contribution in [0.2, 0.25) is 0 Å². The van der Waals surface area contributed by atoms with Crippen LogP contribution in [0, 0.1) is 0 Å². The van der Waals surface area contributed by atoms with Crippen LogP contribution in [0.1, 0.15) is 43.0 Å². The topological polar surface area (TPSA) is 17.1 Å². The lowest BCUT2D eigenvalue weighted by Gasteiger charge is -2.02. The van der Waals surface area contributed by atoms with Crippen molar-refractivity contribution in [1.82, 2.24) is 0 Å². The van der Waals surface area contributed by atoms with Crippen LogP contribution in [0.25, 0.3) is 0 Å². The molecule has 0 aliphatic rings. The summed E-state index contributed by atoms with van der Waals surface area (Å²) in [5.74, 6) is 1.28. The van der Waals surface area contributed by atoms with E-state index >= 15 is 0 Å². The van der Waals surface area contributed by atoms with Gasteiger partial charge in [-0.15, -0.1) is 18.3 Å². The lowest BCUT2D eigenvalue weighted by molar-refractivity contribution is 0.101. The van der Waals surface area contributed by atoms with E-state index in [9.17, 15) is 4.79 Å². The van der Waals surface area contributed by atoms with Gasteiger partial charge in [0.2, 0.25) is 0 Å². The van der Waals surface area contributed by atoms with Crippen LogP contribution >= 0.6 is 11.8 Å². The smallest absolute Gasteiger partial charge is 0.159 e. The number of carbonyl (C=O) groups is 1. The summed E-state index contributed by atoms with van der Waals surface area (Å²) >= 11 is 1.86. The van der Waals surface area contributed by atoms with Crippen LogP contribution in [-0.2, 0) is 0 Å². The Morgan fingerprint density at radius 1 is 1.24 bits per heavy atom. The van der Waals surface area contributed by atoms with E-state index in [1.807, 2.05) is 42.1 Å². The number of thioether (sulfide) groups is 1. The monoisotopic (exact) mass is 248 g/mol. The Balaban J connectivity index is 2.23. The standard InChI is InChI=1S/C15H20OS/c1-3-4-5-6-7-12-17-15-10-8-14(9-11-15)13(2)16/h3,8-11H,1,4-7,12H2,2H3. The number of hydrogen-bond acceptors (Lipinski definition) is 2. The van der Waals surface area contributed by atoms with Crippen molar-refractivity contribution in [3.8, 4) is 0 Å². The highest BCUT2D eigenvalue weighted by Gasteiger charge is 1.99. The van der Waals surface area contributed by atoms with Gasteiger partial charge in [-0.3, -0.25) is 4.79 Å². The number of allylic oxidation sites excluding steroid dienone is 1. The first kappa shape index (κ1) is 14.0. The van der Waals surface area contributed by atoms with Crippen molar-refractivity contribution in [1.29, 1.82) is 0 Å². The normalized spacial score (nSPS) is 10.2. The molecule has 0 spiro atoms. The second-order valence-electron chi connectivity index (χ2n) is 4.07. The molecule has 0 saturated heterocycles. The third-order valence-electron chi connectivity index (χ3n) is 2.58. The molecule has 0 radical (unpaired) electrons. The van der Waals surface area contributed by atoms with E-state index in [1.54, 1.807) is 6.92 Å². The average molecular weight is 248 g/mol. The fourth-order valence-corrected chi connectivity index (χ4v) is 2.46. The molecular formula is C15H20OS. The zero-order chi connectivity index (χ0) is 12.5. The molecule has 1 aromatic rings. The van der Waals surface area contributed by atoms with Gasteiger partial charge >= 0.3 is 0 Å². The lowest BCUT2D eigenvalue weighted by atomic mass is 10.2. The number of hydrogen-bond donors (Lipinski definition) is 0. The van der Waals surface area contributed by atoms with Crippen molar-refractivity contribution in [3.63, 3.8) is 0 Å². The van der Waals surface area contributed by atoms with Crippen LogP contribution in [0.3, 0.4) is 0 Å². The number of rotatable bonds is 8. The van der Waals surface area contributed by atoms with Gasteiger partial charge in [0.25, 0.3) is 0 Å². The third kappa shape index (κ3) is 5.73. The van der Waals surface area contributed by atoms with E-state index in [0.29, 0.717) is 0 Å². The molecular weight excluding hydrogens is 228 g/mol. The van der Waals surface area contributed by atoms with Gasteiger partial charge in [-0.1, -0.05) is 24.6 Å². The first-order valence-electron chi connectivity index (χ1n) is 6.08. The summed E-state index contributed by atoms with van der Waals surface area (Å²) in [5.41, 5.74) is 0.792. The summed E-state index contributed by atoms with van der Waals surface area (Å²) < 4.78 is 0. The molecule has 92 valence electrons. The molecule has 0 heterocycles. The van der Waals surface area contributed by atoms with Crippen LogP contribution in [0.4, 0.5) is 0 Å². The van der Waals surface area contributed by atoms with E-state index in [2.05, 4.69) is 6.58 Å². The first-order valence-corrected chi connectivity index (χ1v) is 7.07. The lowest BCUT2D eigenvalue weighted by Crippen LogP contribution is -1.90. The van der Waals surface area contributed by atoms with Crippen molar-refractivity contribution >= 4 is 17.5 Å². The average Bonchev–Trinajstić information content (AvgIpc) is 2.34. The van der Waals surface area contributed by atoms with Gasteiger partial charge in [0.15, 0.2) is 5.78 Å². The SMILES string of the molecule is C=CCCCCCSc1ccc(C(C)=O)cc1. The molecule has 0 atom stereocenters. The van der Waals surface area contributed by atoms with E-state index in [4.69, 9.17) is 0 Å². The van der Waals surface area contributed by atoms with Gasteiger partial charge in [0.05, 0.1) is 0 Å². The summed E-state index contributed by atoms with van der Waals surface area (Å²) in [5, 5.41) is 0. The summed E-state index contributed by atoms with van der Waals surface area (Å²) in [6.45, 7) is 5.31. The van der Waals surface area contributed by atoms with Crippen LogP contribution in [0.5, 0.6) is 0 Å². The molecule has 0 fully saturated rings. The summed E-state index contributed by atoms with van der Waals surface area (Å²) in [6.07, 6.45) is 6.86. The Morgan fingerprint density at radius 3 is 2.53 bits per heavy atom. The zero-order valence-corrected chi connectivity index (χ0v) is 11.3. The predicted octanol–water partition coefficient (Wildman–Crippen LogP) is 4.73. The largest absolute Gasteiger partial charge is 0.295 e. The van der Waals surface area contributed by atoms with Crippen molar-refractivity contribution in [2.45, 2.75) is 37.5 Å². The number of unbranched alkanes of at least 4 members (excludes halogenated alkanes) is 3. The molecule has 0 saturated carbocycles. The fourth-order valence-electron chi connectivity index (χ4n) is 1.54. The maximum Gasteiger partial charge on any atom is 0.159 e.